The van der Waals surface area contributed by atoms with Gasteiger partial charge in [0, 0.05) is 18.8 Å². The second-order valence-electron chi connectivity index (χ2n) is 5.68. The van der Waals surface area contributed by atoms with Crippen molar-refractivity contribution >= 4 is 5.65 Å². The fraction of sp³-hybridized carbons (Fsp3) is 0.294. The van der Waals surface area contributed by atoms with E-state index in [1.54, 1.807) is 10.6 Å². The van der Waals surface area contributed by atoms with E-state index in [4.69, 9.17) is 0 Å². The molecule has 3 aromatic rings. The zero-order valence-corrected chi connectivity index (χ0v) is 12.9. The quantitative estimate of drug-likeness (QED) is 0.726. The lowest BCUT2D eigenvalue weighted by Crippen LogP contribution is -2.36. The van der Waals surface area contributed by atoms with Crippen molar-refractivity contribution in [3.63, 3.8) is 0 Å². The van der Waals surface area contributed by atoms with E-state index < -0.39 is 0 Å². The van der Waals surface area contributed by atoms with Crippen molar-refractivity contribution in [3.8, 4) is 0 Å². The number of rotatable bonds is 5. The summed E-state index contributed by atoms with van der Waals surface area (Å²) >= 11 is 0. The Morgan fingerprint density at radius 2 is 1.82 bits per heavy atom. The molecule has 5 heteroatoms. The third-order valence-corrected chi connectivity index (χ3v) is 3.76. The van der Waals surface area contributed by atoms with Gasteiger partial charge in [-0.05, 0) is 31.5 Å². The molecular formula is C17H20N4O. The van der Waals surface area contributed by atoms with Gasteiger partial charge in [-0.1, -0.05) is 36.4 Å². The molecule has 22 heavy (non-hydrogen) atoms. The van der Waals surface area contributed by atoms with Gasteiger partial charge in [0.15, 0.2) is 5.65 Å². The van der Waals surface area contributed by atoms with Crippen molar-refractivity contribution in [2.24, 2.45) is 0 Å². The highest BCUT2D eigenvalue weighted by atomic mass is 16.2. The number of aromatic nitrogens is 3. The van der Waals surface area contributed by atoms with Gasteiger partial charge in [-0.25, -0.2) is 4.79 Å². The molecule has 0 aliphatic rings. The average Bonchev–Trinajstić information content (AvgIpc) is 2.84. The summed E-state index contributed by atoms with van der Waals surface area (Å²) in [7, 11) is 0. The number of hydrogen-bond donors (Lipinski definition) is 0. The molecule has 0 N–H and O–H groups in total. The van der Waals surface area contributed by atoms with E-state index in [2.05, 4.69) is 36.0 Å². The highest BCUT2D eigenvalue weighted by molar-refractivity contribution is 5.35. The van der Waals surface area contributed by atoms with Gasteiger partial charge in [0.1, 0.15) is 0 Å². The molecule has 0 fully saturated rings. The van der Waals surface area contributed by atoms with E-state index in [1.165, 1.54) is 10.2 Å². The number of hydrogen-bond acceptors (Lipinski definition) is 3. The molecule has 0 saturated heterocycles. The number of fused-ring (bicyclic) bond motifs is 1. The van der Waals surface area contributed by atoms with Gasteiger partial charge in [-0.3, -0.25) is 9.30 Å². The van der Waals surface area contributed by atoms with Crippen LogP contribution in [0.1, 0.15) is 19.4 Å². The van der Waals surface area contributed by atoms with Crippen LogP contribution in [-0.2, 0) is 13.2 Å². The first-order chi connectivity index (χ1) is 10.6. The molecule has 2 aromatic heterocycles. The third kappa shape index (κ3) is 2.94. The molecular weight excluding hydrogens is 276 g/mol. The molecule has 0 aliphatic carbocycles. The normalized spacial score (nSPS) is 11.6. The van der Waals surface area contributed by atoms with Gasteiger partial charge in [-0.2, -0.15) is 4.68 Å². The number of benzene rings is 1. The van der Waals surface area contributed by atoms with Crippen molar-refractivity contribution < 1.29 is 0 Å². The van der Waals surface area contributed by atoms with Crippen LogP contribution in [0, 0.1) is 0 Å². The van der Waals surface area contributed by atoms with Crippen molar-refractivity contribution in [2.75, 3.05) is 0 Å². The van der Waals surface area contributed by atoms with Crippen molar-refractivity contribution in [2.45, 2.75) is 33.1 Å². The van der Waals surface area contributed by atoms with Crippen LogP contribution in [0.15, 0.2) is 59.5 Å². The molecule has 0 unspecified atom stereocenters. The van der Waals surface area contributed by atoms with Gasteiger partial charge in [0.25, 0.3) is 0 Å². The number of pyridine rings is 1. The first-order valence-electron chi connectivity index (χ1n) is 7.47. The van der Waals surface area contributed by atoms with Crippen LogP contribution in [0.3, 0.4) is 0 Å². The second-order valence-corrected chi connectivity index (χ2v) is 5.68. The monoisotopic (exact) mass is 296 g/mol. The van der Waals surface area contributed by atoms with Gasteiger partial charge in [-0.15, -0.1) is 5.10 Å². The first kappa shape index (κ1) is 14.5. The summed E-state index contributed by atoms with van der Waals surface area (Å²) in [5.74, 6) is 0. The SMILES string of the molecule is CC(C)N(Cc1ccccc1)Cn1nc2ccccn2c1=O. The van der Waals surface area contributed by atoms with Crippen LogP contribution in [-0.4, -0.2) is 25.1 Å². The smallest absolute Gasteiger partial charge is 0.277 e. The topological polar surface area (TPSA) is 42.5 Å². The van der Waals surface area contributed by atoms with Crippen molar-refractivity contribution in [1.29, 1.82) is 0 Å². The second kappa shape index (κ2) is 6.15. The Hall–Kier alpha value is -2.40. The molecule has 0 amide bonds. The van der Waals surface area contributed by atoms with Gasteiger partial charge in [0.2, 0.25) is 0 Å². The summed E-state index contributed by atoms with van der Waals surface area (Å²) < 4.78 is 3.10. The molecule has 1 aromatic carbocycles. The minimum atomic E-state index is -0.102. The zero-order valence-electron chi connectivity index (χ0n) is 12.9. The third-order valence-electron chi connectivity index (χ3n) is 3.76. The predicted octanol–water partition coefficient (Wildman–Crippen LogP) is 2.36. The average molecular weight is 296 g/mol. The lowest BCUT2D eigenvalue weighted by Gasteiger charge is -2.25. The molecule has 3 rings (SSSR count). The van der Waals surface area contributed by atoms with E-state index in [1.807, 2.05) is 36.4 Å². The highest BCUT2D eigenvalue weighted by Gasteiger charge is 2.14. The lowest BCUT2D eigenvalue weighted by atomic mass is 10.2. The van der Waals surface area contributed by atoms with Crippen LogP contribution >= 0.6 is 0 Å². The van der Waals surface area contributed by atoms with Crippen LogP contribution in [0.5, 0.6) is 0 Å². The fourth-order valence-electron chi connectivity index (χ4n) is 2.45. The Morgan fingerprint density at radius 3 is 2.50 bits per heavy atom. The first-order valence-corrected chi connectivity index (χ1v) is 7.47. The van der Waals surface area contributed by atoms with Gasteiger partial charge >= 0.3 is 5.69 Å². The number of nitrogens with zero attached hydrogens (tertiary/aromatic N) is 4. The Kier molecular flexibility index (Phi) is 4.06. The maximum atomic E-state index is 12.4. The molecule has 0 aliphatic heterocycles. The summed E-state index contributed by atoms with van der Waals surface area (Å²) in [5, 5.41) is 4.40. The van der Waals surface area contributed by atoms with Gasteiger partial charge < -0.3 is 0 Å². The minimum Gasteiger partial charge on any atom is -0.277 e. The molecule has 2 heterocycles. The standard InChI is InChI=1S/C17H20N4O/c1-14(2)19(12-15-8-4-3-5-9-15)13-21-17(22)20-11-7-6-10-16(20)18-21/h3-11,14H,12-13H2,1-2H3. The van der Waals surface area contributed by atoms with Crippen LogP contribution in [0.2, 0.25) is 0 Å². The fourth-order valence-corrected chi connectivity index (χ4v) is 2.45. The summed E-state index contributed by atoms with van der Waals surface area (Å²) in [6, 6.07) is 16.2. The highest BCUT2D eigenvalue weighted by Crippen LogP contribution is 2.09. The Labute approximate surface area is 129 Å². The van der Waals surface area contributed by atoms with E-state index in [-0.39, 0.29) is 5.69 Å². The molecule has 0 radical (unpaired) electrons. The minimum absolute atomic E-state index is 0.102. The Morgan fingerprint density at radius 1 is 1.09 bits per heavy atom. The van der Waals surface area contributed by atoms with Crippen LogP contribution < -0.4 is 5.69 Å². The summed E-state index contributed by atoms with van der Waals surface area (Å²) in [6.45, 7) is 5.53. The summed E-state index contributed by atoms with van der Waals surface area (Å²) in [4.78, 5) is 14.6. The predicted molar refractivity (Wildman–Crippen MR) is 86.6 cm³/mol. The van der Waals surface area contributed by atoms with Gasteiger partial charge in [0.05, 0.1) is 6.67 Å². The molecule has 0 spiro atoms. The summed E-state index contributed by atoms with van der Waals surface area (Å²) in [5.41, 5.74) is 1.80. The Bertz CT molecular complexity index is 804. The van der Waals surface area contributed by atoms with Crippen molar-refractivity contribution in [1.82, 2.24) is 19.1 Å². The van der Waals surface area contributed by atoms with E-state index in [0.717, 1.165) is 6.54 Å². The van der Waals surface area contributed by atoms with Crippen molar-refractivity contribution in [3.05, 3.63) is 70.8 Å². The molecule has 0 saturated carbocycles. The lowest BCUT2D eigenvalue weighted by molar-refractivity contribution is 0.152. The van der Waals surface area contributed by atoms with Crippen LogP contribution in [0.25, 0.3) is 5.65 Å². The van der Waals surface area contributed by atoms with E-state index in [0.29, 0.717) is 18.4 Å². The zero-order chi connectivity index (χ0) is 15.5. The maximum Gasteiger partial charge on any atom is 0.351 e. The molecule has 5 nitrogen and oxygen atoms in total. The summed E-state index contributed by atoms with van der Waals surface area (Å²) in [6.07, 6.45) is 1.75. The molecule has 0 bridgehead atoms. The van der Waals surface area contributed by atoms with E-state index in [9.17, 15) is 4.79 Å². The Balaban J connectivity index is 1.87. The largest absolute Gasteiger partial charge is 0.351 e. The maximum absolute atomic E-state index is 12.4. The molecule has 114 valence electrons. The molecule has 0 atom stereocenters. The van der Waals surface area contributed by atoms with E-state index >= 15 is 0 Å². The van der Waals surface area contributed by atoms with Crippen LogP contribution in [0.4, 0.5) is 0 Å².